The summed E-state index contributed by atoms with van der Waals surface area (Å²) in [7, 11) is 0. The lowest BCUT2D eigenvalue weighted by atomic mass is 9.95. The molecule has 0 unspecified atom stereocenters. The number of amides is 1. The van der Waals surface area contributed by atoms with Crippen LogP contribution in [0.2, 0.25) is 0 Å². The standard InChI is InChI=1S/C17H23N5O/c1-17(2,14-11-20-22-8-4-3-5-15(14)22)21-16(23)13-9-12(13)10-19-7-6-18/h3-6,8,11-13,18-19H,7,9-10H2,1-2H3,(H,21,23)/t12-,13+/m0/s1. The Morgan fingerprint density at radius 1 is 1.52 bits per heavy atom. The van der Waals surface area contributed by atoms with Crippen molar-refractivity contribution in [2.24, 2.45) is 11.8 Å². The molecule has 1 aliphatic carbocycles. The molecule has 1 fully saturated rings. The number of pyridine rings is 1. The molecular formula is C17H23N5O. The van der Waals surface area contributed by atoms with E-state index >= 15 is 0 Å². The monoisotopic (exact) mass is 313 g/mol. The van der Waals surface area contributed by atoms with Crippen molar-refractivity contribution in [1.82, 2.24) is 20.2 Å². The molecule has 2 atom stereocenters. The van der Waals surface area contributed by atoms with Crippen LogP contribution in [0.15, 0.2) is 30.6 Å². The van der Waals surface area contributed by atoms with Gasteiger partial charge in [-0.05, 0) is 44.9 Å². The van der Waals surface area contributed by atoms with E-state index in [1.807, 2.05) is 49.0 Å². The minimum Gasteiger partial charge on any atom is -0.347 e. The van der Waals surface area contributed by atoms with Crippen LogP contribution in [0, 0.1) is 17.2 Å². The molecular weight excluding hydrogens is 290 g/mol. The first kappa shape index (κ1) is 15.7. The summed E-state index contributed by atoms with van der Waals surface area (Å²) < 4.78 is 1.82. The fourth-order valence-electron chi connectivity index (χ4n) is 3.02. The Labute approximate surface area is 135 Å². The van der Waals surface area contributed by atoms with Crippen molar-refractivity contribution < 1.29 is 4.79 Å². The highest BCUT2D eigenvalue weighted by molar-refractivity contribution is 5.82. The predicted octanol–water partition coefficient (Wildman–Crippen LogP) is 1.56. The van der Waals surface area contributed by atoms with E-state index in [1.165, 1.54) is 6.21 Å². The quantitative estimate of drug-likeness (QED) is 0.536. The first-order chi connectivity index (χ1) is 11.0. The van der Waals surface area contributed by atoms with Gasteiger partial charge in [0, 0.05) is 30.4 Å². The number of nitrogens with zero attached hydrogens (tertiary/aromatic N) is 2. The number of carbonyl (C=O) groups is 1. The number of carbonyl (C=O) groups excluding carboxylic acids is 1. The van der Waals surface area contributed by atoms with Crippen LogP contribution in [0.25, 0.3) is 5.52 Å². The van der Waals surface area contributed by atoms with Crippen LogP contribution in [0.1, 0.15) is 25.8 Å². The zero-order chi connectivity index (χ0) is 16.4. The summed E-state index contributed by atoms with van der Waals surface area (Å²) in [5.41, 5.74) is 1.57. The Hall–Kier alpha value is -2.21. The van der Waals surface area contributed by atoms with E-state index in [0.29, 0.717) is 12.5 Å². The van der Waals surface area contributed by atoms with Gasteiger partial charge in [0.25, 0.3) is 0 Å². The third-order valence-corrected chi connectivity index (χ3v) is 4.45. The van der Waals surface area contributed by atoms with Gasteiger partial charge < -0.3 is 16.0 Å². The highest BCUT2D eigenvalue weighted by atomic mass is 16.2. The predicted molar refractivity (Wildman–Crippen MR) is 89.6 cm³/mol. The second-order valence-electron chi connectivity index (χ2n) is 6.67. The SMILES string of the molecule is CC(C)(NC(=O)[C@@H]1C[C@H]1CNCC=N)c1cnn2ccccc12. The Kier molecular flexibility index (Phi) is 4.17. The van der Waals surface area contributed by atoms with E-state index in [9.17, 15) is 4.79 Å². The highest BCUT2D eigenvalue weighted by Gasteiger charge is 2.44. The van der Waals surface area contributed by atoms with E-state index in [1.54, 1.807) is 0 Å². The van der Waals surface area contributed by atoms with Crippen LogP contribution >= 0.6 is 0 Å². The molecule has 2 aromatic heterocycles. The fourth-order valence-corrected chi connectivity index (χ4v) is 3.02. The molecule has 0 aromatic carbocycles. The molecule has 3 rings (SSSR count). The largest absolute Gasteiger partial charge is 0.347 e. The van der Waals surface area contributed by atoms with Crippen molar-refractivity contribution in [1.29, 1.82) is 5.41 Å². The van der Waals surface area contributed by atoms with Gasteiger partial charge >= 0.3 is 0 Å². The van der Waals surface area contributed by atoms with Crippen LogP contribution < -0.4 is 10.6 Å². The van der Waals surface area contributed by atoms with E-state index in [2.05, 4.69) is 15.7 Å². The average molecular weight is 313 g/mol. The number of nitrogens with one attached hydrogen (secondary N) is 3. The smallest absolute Gasteiger partial charge is 0.224 e. The zero-order valence-corrected chi connectivity index (χ0v) is 13.5. The van der Waals surface area contributed by atoms with Gasteiger partial charge in [0.05, 0.1) is 17.3 Å². The van der Waals surface area contributed by atoms with Gasteiger partial charge in [-0.3, -0.25) is 4.79 Å². The van der Waals surface area contributed by atoms with Gasteiger partial charge in [-0.15, -0.1) is 0 Å². The fraction of sp³-hybridized carbons (Fsp3) is 0.471. The van der Waals surface area contributed by atoms with Crippen LogP contribution in [0.3, 0.4) is 0 Å². The lowest BCUT2D eigenvalue weighted by Gasteiger charge is -2.26. The van der Waals surface area contributed by atoms with Crippen LogP contribution in [-0.2, 0) is 10.3 Å². The van der Waals surface area contributed by atoms with E-state index in [4.69, 9.17) is 5.41 Å². The lowest BCUT2D eigenvalue weighted by molar-refractivity contribution is -0.124. The molecule has 2 heterocycles. The summed E-state index contributed by atoms with van der Waals surface area (Å²) in [5, 5.41) is 17.7. The van der Waals surface area contributed by atoms with Crippen molar-refractivity contribution >= 4 is 17.6 Å². The Bertz CT molecular complexity index is 721. The maximum absolute atomic E-state index is 12.5. The normalized spacial score (nSPS) is 20.4. The number of fused-ring (bicyclic) bond motifs is 1. The molecule has 0 aliphatic heterocycles. The van der Waals surface area contributed by atoms with Gasteiger partial charge in [-0.2, -0.15) is 5.10 Å². The number of aromatic nitrogens is 2. The number of hydrogen-bond acceptors (Lipinski definition) is 4. The topological polar surface area (TPSA) is 82.3 Å². The number of hydrogen-bond donors (Lipinski definition) is 3. The summed E-state index contributed by atoms with van der Waals surface area (Å²) in [6, 6.07) is 5.92. The highest BCUT2D eigenvalue weighted by Crippen LogP contribution is 2.39. The summed E-state index contributed by atoms with van der Waals surface area (Å²) in [5.74, 6) is 0.566. The first-order valence-electron chi connectivity index (χ1n) is 7.97. The zero-order valence-electron chi connectivity index (χ0n) is 13.5. The van der Waals surface area contributed by atoms with Crippen molar-refractivity contribution in [3.63, 3.8) is 0 Å². The summed E-state index contributed by atoms with van der Waals surface area (Å²) in [6.45, 7) is 5.39. The molecule has 0 bridgehead atoms. The first-order valence-corrected chi connectivity index (χ1v) is 7.97. The van der Waals surface area contributed by atoms with Crippen LogP contribution in [-0.4, -0.2) is 34.8 Å². The average Bonchev–Trinajstić information content (AvgIpc) is 3.15. The molecule has 0 spiro atoms. The van der Waals surface area contributed by atoms with Gasteiger partial charge in [0.15, 0.2) is 0 Å². The van der Waals surface area contributed by atoms with E-state index in [0.717, 1.165) is 24.0 Å². The Morgan fingerprint density at radius 3 is 3.13 bits per heavy atom. The number of rotatable bonds is 7. The lowest BCUT2D eigenvalue weighted by Crippen LogP contribution is -2.42. The third kappa shape index (κ3) is 3.27. The van der Waals surface area contributed by atoms with E-state index in [-0.39, 0.29) is 11.8 Å². The molecule has 6 nitrogen and oxygen atoms in total. The van der Waals surface area contributed by atoms with Crippen LogP contribution in [0.5, 0.6) is 0 Å². The van der Waals surface area contributed by atoms with Crippen molar-refractivity contribution in [2.45, 2.75) is 25.8 Å². The summed E-state index contributed by atoms with van der Waals surface area (Å²) in [6.07, 6.45) is 5.99. The molecule has 1 amide bonds. The molecule has 0 radical (unpaired) electrons. The molecule has 122 valence electrons. The van der Waals surface area contributed by atoms with Crippen molar-refractivity contribution in [3.05, 3.63) is 36.2 Å². The van der Waals surface area contributed by atoms with Gasteiger partial charge in [-0.1, -0.05) is 6.07 Å². The summed E-state index contributed by atoms with van der Waals surface area (Å²) >= 11 is 0. The maximum atomic E-state index is 12.5. The molecule has 23 heavy (non-hydrogen) atoms. The summed E-state index contributed by atoms with van der Waals surface area (Å²) in [4.78, 5) is 12.5. The molecule has 6 heteroatoms. The molecule has 1 aliphatic rings. The van der Waals surface area contributed by atoms with Crippen molar-refractivity contribution in [2.75, 3.05) is 13.1 Å². The minimum atomic E-state index is -0.463. The molecule has 2 aromatic rings. The second-order valence-corrected chi connectivity index (χ2v) is 6.67. The molecule has 0 saturated heterocycles. The van der Waals surface area contributed by atoms with Crippen molar-refractivity contribution in [3.8, 4) is 0 Å². The minimum absolute atomic E-state index is 0.0781. The third-order valence-electron chi connectivity index (χ3n) is 4.45. The Balaban J connectivity index is 1.65. The van der Waals surface area contributed by atoms with Gasteiger partial charge in [-0.25, -0.2) is 4.52 Å². The maximum Gasteiger partial charge on any atom is 0.224 e. The van der Waals surface area contributed by atoms with Crippen LogP contribution in [0.4, 0.5) is 0 Å². The second kappa shape index (κ2) is 6.12. The van der Waals surface area contributed by atoms with Gasteiger partial charge in [0.1, 0.15) is 0 Å². The molecule has 1 saturated carbocycles. The molecule has 3 N–H and O–H groups in total. The van der Waals surface area contributed by atoms with E-state index < -0.39 is 5.54 Å². The van der Waals surface area contributed by atoms with Gasteiger partial charge in [0.2, 0.25) is 5.91 Å². The Morgan fingerprint density at radius 2 is 2.35 bits per heavy atom.